The Morgan fingerprint density at radius 2 is 1.77 bits per heavy atom. The lowest BCUT2D eigenvalue weighted by Gasteiger charge is -2.23. The first kappa shape index (κ1) is 27.8. The van der Waals surface area contributed by atoms with Crippen molar-refractivity contribution in [3.63, 3.8) is 0 Å². The monoisotopic (exact) mass is 583 g/mol. The molecule has 4 heterocycles. The van der Waals surface area contributed by atoms with E-state index in [0.29, 0.717) is 34.2 Å². The molecular formula is C35H33N7O2. The molecule has 220 valence electrons. The summed E-state index contributed by atoms with van der Waals surface area (Å²) in [6.45, 7) is 2.21. The van der Waals surface area contributed by atoms with E-state index in [4.69, 9.17) is 4.98 Å². The Kier molecular flexibility index (Phi) is 7.77. The SMILES string of the molecule is O=C(c1ccccc1)c1cc2cnc(Nc3ccc(C4CCNCC4)cc3)nc2n(Cc2nccnc2C2=CCCC2)c1=O. The molecule has 1 saturated heterocycles. The minimum atomic E-state index is -0.431. The Bertz CT molecular complexity index is 1910. The summed E-state index contributed by atoms with van der Waals surface area (Å²) in [5, 5.41) is 7.31. The maximum atomic E-state index is 14.1. The summed E-state index contributed by atoms with van der Waals surface area (Å²) in [6.07, 6.45) is 12.4. The number of pyridine rings is 1. The molecule has 44 heavy (non-hydrogen) atoms. The molecular weight excluding hydrogens is 550 g/mol. The predicted molar refractivity (Wildman–Crippen MR) is 171 cm³/mol. The van der Waals surface area contributed by atoms with Crippen molar-refractivity contribution in [1.82, 2.24) is 29.8 Å². The van der Waals surface area contributed by atoms with Crippen molar-refractivity contribution in [2.75, 3.05) is 18.4 Å². The largest absolute Gasteiger partial charge is 0.324 e. The van der Waals surface area contributed by atoms with Gasteiger partial charge in [-0.25, -0.2) is 4.98 Å². The van der Waals surface area contributed by atoms with E-state index in [0.717, 1.165) is 62.1 Å². The first-order chi connectivity index (χ1) is 21.6. The number of hydrogen-bond donors (Lipinski definition) is 2. The van der Waals surface area contributed by atoms with Crippen molar-refractivity contribution in [1.29, 1.82) is 0 Å². The van der Waals surface area contributed by atoms with Crippen molar-refractivity contribution in [2.24, 2.45) is 0 Å². The number of allylic oxidation sites excluding steroid dienone is 2. The van der Waals surface area contributed by atoms with Crippen molar-refractivity contribution in [2.45, 2.75) is 44.6 Å². The average Bonchev–Trinajstić information content (AvgIpc) is 3.62. The molecule has 0 spiro atoms. The van der Waals surface area contributed by atoms with Gasteiger partial charge in [0.15, 0.2) is 5.78 Å². The van der Waals surface area contributed by atoms with Gasteiger partial charge in [0.2, 0.25) is 5.95 Å². The molecule has 0 unspecified atom stereocenters. The fraction of sp³-hybridized carbons (Fsp3) is 0.257. The average molecular weight is 584 g/mol. The number of fused-ring (bicyclic) bond motifs is 1. The minimum absolute atomic E-state index is 0.0621. The molecule has 1 fully saturated rings. The van der Waals surface area contributed by atoms with E-state index in [-0.39, 0.29) is 17.9 Å². The van der Waals surface area contributed by atoms with Crippen LogP contribution in [0.4, 0.5) is 11.6 Å². The first-order valence-electron chi connectivity index (χ1n) is 15.2. The number of aromatic nitrogens is 5. The van der Waals surface area contributed by atoms with Crippen LogP contribution in [0.5, 0.6) is 0 Å². The van der Waals surface area contributed by atoms with E-state index < -0.39 is 5.56 Å². The van der Waals surface area contributed by atoms with Crippen molar-refractivity contribution in [3.8, 4) is 0 Å². The number of benzene rings is 2. The molecule has 0 atom stereocenters. The number of hydrogen-bond acceptors (Lipinski definition) is 8. The van der Waals surface area contributed by atoms with Crippen LogP contribution in [0.1, 0.15) is 70.9 Å². The Labute approximate surface area is 255 Å². The Hall–Kier alpha value is -5.02. The molecule has 9 nitrogen and oxygen atoms in total. The molecule has 3 aromatic heterocycles. The standard InChI is InChI=1S/C35H33N7O2/c43-32(26-8-2-1-3-9-26)29-20-27-21-39-35(40-28-12-10-23(11-13-28)24-14-16-36-17-15-24)41-33(27)42(34(29)44)22-30-31(38-19-18-37-30)25-6-4-5-7-25/h1-3,6,8-13,18-21,24,36H,4-5,7,14-17,22H2,(H,39,40,41). The molecule has 2 aliphatic rings. The molecule has 5 aromatic rings. The van der Waals surface area contributed by atoms with Crippen molar-refractivity contribution >= 4 is 34.0 Å². The number of anilines is 2. The molecule has 1 aliphatic carbocycles. The number of nitrogens with zero attached hydrogens (tertiary/aromatic N) is 5. The zero-order valence-corrected chi connectivity index (χ0v) is 24.4. The quantitative estimate of drug-likeness (QED) is 0.226. The van der Waals surface area contributed by atoms with Gasteiger partial charge >= 0.3 is 0 Å². The summed E-state index contributed by atoms with van der Waals surface area (Å²) in [4.78, 5) is 46.2. The molecule has 9 heteroatoms. The van der Waals surface area contributed by atoms with Gasteiger partial charge < -0.3 is 10.6 Å². The third-order valence-electron chi connectivity index (χ3n) is 8.51. The summed E-state index contributed by atoms with van der Waals surface area (Å²) >= 11 is 0. The minimum Gasteiger partial charge on any atom is -0.324 e. The van der Waals surface area contributed by atoms with Crippen molar-refractivity contribution < 1.29 is 4.79 Å². The first-order valence-corrected chi connectivity index (χ1v) is 15.2. The number of nitrogens with one attached hydrogen (secondary N) is 2. The second-order valence-electron chi connectivity index (χ2n) is 11.4. The smallest absolute Gasteiger partial charge is 0.263 e. The van der Waals surface area contributed by atoms with Gasteiger partial charge in [0, 0.05) is 35.2 Å². The lowest BCUT2D eigenvalue weighted by molar-refractivity contribution is 0.103. The number of ketones is 1. The predicted octanol–water partition coefficient (Wildman–Crippen LogP) is 5.64. The van der Waals surface area contributed by atoms with E-state index in [2.05, 4.69) is 43.8 Å². The summed E-state index contributed by atoms with van der Waals surface area (Å²) in [5.41, 5.74) is 5.26. The second kappa shape index (κ2) is 12.3. The number of carbonyl (C=O) groups is 1. The maximum absolute atomic E-state index is 14.1. The zero-order valence-electron chi connectivity index (χ0n) is 24.4. The number of carbonyl (C=O) groups excluding carboxylic acids is 1. The molecule has 7 rings (SSSR count). The molecule has 0 radical (unpaired) electrons. The second-order valence-corrected chi connectivity index (χ2v) is 11.4. The molecule has 2 N–H and O–H groups in total. The van der Waals surface area contributed by atoms with Crippen LogP contribution in [0, 0.1) is 0 Å². The Balaban J connectivity index is 1.28. The van der Waals surface area contributed by atoms with Gasteiger partial charge in [-0.15, -0.1) is 0 Å². The highest BCUT2D eigenvalue weighted by Crippen LogP contribution is 2.29. The molecule has 0 amide bonds. The van der Waals surface area contributed by atoms with Crippen LogP contribution in [0.25, 0.3) is 16.6 Å². The third-order valence-corrected chi connectivity index (χ3v) is 8.51. The summed E-state index contributed by atoms with van der Waals surface area (Å²) < 4.78 is 1.53. The maximum Gasteiger partial charge on any atom is 0.263 e. The topological polar surface area (TPSA) is 115 Å². The van der Waals surface area contributed by atoms with Crippen LogP contribution in [-0.4, -0.2) is 43.4 Å². The highest BCUT2D eigenvalue weighted by atomic mass is 16.1. The van der Waals surface area contributed by atoms with Crippen LogP contribution >= 0.6 is 0 Å². The zero-order chi connectivity index (χ0) is 29.9. The van der Waals surface area contributed by atoms with E-state index in [1.54, 1.807) is 48.9 Å². The van der Waals surface area contributed by atoms with Crippen LogP contribution in [0.15, 0.2) is 90.1 Å². The van der Waals surface area contributed by atoms with Crippen LogP contribution in [0.2, 0.25) is 0 Å². The van der Waals surface area contributed by atoms with E-state index in [1.165, 1.54) is 10.1 Å². The van der Waals surface area contributed by atoms with Gasteiger partial charge in [0.1, 0.15) is 5.65 Å². The fourth-order valence-corrected chi connectivity index (χ4v) is 6.18. The summed E-state index contributed by atoms with van der Waals surface area (Å²) in [5.74, 6) is 0.579. The van der Waals surface area contributed by atoms with Gasteiger partial charge in [0.25, 0.3) is 5.56 Å². The van der Waals surface area contributed by atoms with Crippen LogP contribution in [0.3, 0.4) is 0 Å². The van der Waals surface area contributed by atoms with Gasteiger partial charge in [-0.1, -0.05) is 48.5 Å². The molecule has 1 aliphatic heterocycles. The summed E-state index contributed by atoms with van der Waals surface area (Å²) in [7, 11) is 0. The fourth-order valence-electron chi connectivity index (χ4n) is 6.18. The Morgan fingerprint density at radius 3 is 2.55 bits per heavy atom. The Morgan fingerprint density at radius 1 is 0.977 bits per heavy atom. The van der Waals surface area contributed by atoms with E-state index in [1.807, 2.05) is 18.2 Å². The lowest BCUT2D eigenvalue weighted by atomic mass is 9.90. The molecule has 2 aromatic carbocycles. The number of rotatable bonds is 8. The van der Waals surface area contributed by atoms with Gasteiger partial charge in [-0.3, -0.25) is 24.1 Å². The van der Waals surface area contributed by atoms with Crippen molar-refractivity contribution in [3.05, 3.63) is 124 Å². The van der Waals surface area contributed by atoms with Crippen LogP contribution < -0.4 is 16.2 Å². The summed E-state index contributed by atoms with van der Waals surface area (Å²) in [6, 6.07) is 18.8. The highest BCUT2D eigenvalue weighted by molar-refractivity contribution is 6.10. The van der Waals surface area contributed by atoms with Gasteiger partial charge in [0.05, 0.1) is 23.5 Å². The third kappa shape index (κ3) is 5.66. The van der Waals surface area contributed by atoms with E-state index in [9.17, 15) is 9.59 Å². The van der Waals surface area contributed by atoms with Gasteiger partial charge in [-0.2, -0.15) is 4.98 Å². The lowest BCUT2D eigenvalue weighted by Crippen LogP contribution is -2.29. The molecule has 0 saturated carbocycles. The highest BCUT2D eigenvalue weighted by Gasteiger charge is 2.22. The van der Waals surface area contributed by atoms with Crippen LogP contribution in [-0.2, 0) is 6.54 Å². The molecule has 0 bridgehead atoms. The van der Waals surface area contributed by atoms with E-state index >= 15 is 0 Å². The van der Waals surface area contributed by atoms with Gasteiger partial charge in [-0.05, 0) is 80.4 Å². The number of piperidine rings is 1. The normalized spacial score (nSPS) is 15.3.